The molecule has 0 spiro atoms. The molecule has 39 heavy (non-hydrogen) atoms. The Hall–Kier alpha value is -3.63. The molecule has 0 unspecified atom stereocenters. The summed E-state index contributed by atoms with van der Waals surface area (Å²) in [5.41, 5.74) is 1.38. The molecule has 212 valence electrons. The number of hydrogen-bond donors (Lipinski definition) is 5. The Bertz CT molecular complexity index is 1120. The van der Waals surface area contributed by atoms with Gasteiger partial charge in [-0.2, -0.15) is 15.0 Å². The van der Waals surface area contributed by atoms with Crippen LogP contribution in [0.2, 0.25) is 10.6 Å². The number of halogens is 2. The second kappa shape index (κ2) is 15.7. The van der Waals surface area contributed by atoms with Crippen LogP contribution in [0.3, 0.4) is 0 Å². The molecule has 0 atom stereocenters. The molecule has 0 fully saturated rings. The van der Waals surface area contributed by atoms with Crippen LogP contribution < -0.4 is 5.32 Å². The van der Waals surface area contributed by atoms with E-state index >= 15 is 0 Å². The Morgan fingerprint density at radius 1 is 0.641 bits per heavy atom. The van der Waals surface area contributed by atoms with Crippen molar-refractivity contribution in [1.29, 1.82) is 0 Å². The summed E-state index contributed by atoms with van der Waals surface area (Å²) in [7, 11) is 0. The summed E-state index contributed by atoms with van der Waals surface area (Å²) in [6, 6.07) is 6.95. The fourth-order valence-corrected chi connectivity index (χ4v) is 3.85. The zero-order valence-corrected chi connectivity index (χ0v) is 22.0. The number of rotatable bonds is 18. The Kier molecular flexibility index (Phi) is 12.7. The lowest BCUT2D eigenvalue weighted by Crippen LogP contribution is -2.44. The van der Waals surface area contributed by atoms with Crippen molar-refractivity contribution >= 4 is 58.7 Å². The highest BCUT2D eigenvalue weighted by Gasteiger charge is 2.18. The molecule has 1 aromatic heterocycles. The molecule has 2 rings (SSSR count). The number of anilines is 2. The van der Waals surface area contributed by atoms with Crippen molar-refractivity contribution in [2.45, 2.75) is 6.54 Å². The standard InChI is InChI=1S/C22H27Cl2N7O8/c23-20-26-21(24)28-22(27-20)25-15-3-1-14(2-4-15)9-30(11-17(34)35)7-5-29(10-16(32)33)6-8-31(12-18(36)37)13-19(38)39/h1-4H,5-13H2,(H,32,33)(H,34,35)(H,36,37)(H,38,39)(H,25,26,27,28). The van der Waals surface area contributed by atoms with E-state index in [9.17, 15) is 29.4 Å². The van der Waals surface area contributed by atoms with Gasteiger partial charge in [-0.3, -0.25) is 33.9 Å². The van der Waals surface area contributed by atoms with E-state index in [2.05, 4.69) is 20.3 Å². The van der Waals surface area contributed by atoms with Gasteiger partial charge in [-0.25, -0.2) is 0 Å². The predicted molar refractivity (Wildman–Crippen MR) is 138 cm³/mol. The monoisotopic (exact) mass is 587 g/mol. The molecule has 1 heterocycles. The summed E-state index contributed by atoms with van der Waals surface area (Å²) in [5, 5.41) is 39.4. The molecule has 1 aromatic carbocycles. The maximum atomic E-state index is 11.4. The van der Waals surface area contributed by atoms with Crippen molar-refractivity contribution in [2.24, 2.45) is 0 Å². The van der Waals surface area contributed by atoms with Crippen LogP contribution >= 0.6 is 23.2 Å². The molecule has 15 nitrogen and oxygen atoms in total. The van der Waals surface area contributed by atoms with Crippen molar-refractivity contribution in [3.05, 3.63) is 40.4 Å². The SMILES string of the molecule is O=C(O)CN(CCN(CC(=O)O)CC(=O)O)CCN(CC(=O)O)Cc1ccc(Nc2nc(Cl)nc(Cl)n2)cc1. The summed E-state index contributed by atoms with van der Waals surface area (Å²) < 4.78 is 0. The molecule has 0 amide bonds. The lowest BCUT2D eigenvalue weighted by Gasteiger charge is -2.28. The fraction of sp³-hybridized carbons (Fsp3) is 0.409. The summed E-state index contributed by atoms with van der Waals surface area (Å²) in [4.78, 5) is 60.6. The molecule has 17 heteroatoms. The number of hydrogen-bond acceptors (Lipinski definition) is 11. The van der Waals surface area contributed by atoms with Crippen LogP contribution in [0.25, 0.3) is 0 Å². The molecule has 0 saturated carbocycles. The molecule has 0 aliphatic rings. The van der Waals surface area contributed by atoms with Crippen LogP contribution in [-0.4, -0.2) is 126 Å². The number of aromatic nitrogens is 3. The first-order valence-corrected chi connectivity index (χ1v) is 12.1. The van der Waals surface area contributed by atoms with Gasteiger partial charge in [0.1, 0.15) is 0 Å². The first kappa shape index (κ1) is 31.6. The maximum Gasteiger partial charge on any atom is 0.317 e. The number of benzene rings is 1. The summed E-state index contributed by atoms with van der Waals surface area (Å²) >= 11 is 11.5. The molecule has 2 aromatic rings. The number of carboxylic acids is 4. The third-order valence-electron chi connectivity index (χ3n) is 5.10. The predicted octanol–water partition coefficient (Wildman–Crippen LogP) is 0.666. The Labute approximate surface area is 232 Å². The summed E-state index contributed by atoms with van der Waals surface area (Å²) in [6.07, 6.45) is 0. The lowest BCUT2D eigenvalue weighted by atomic mass is 10.2. The maximum absolute atomic E-state index is 11.4. The average Bonchev–Trinajstić information content (AvgIpc) is 2.79. The molecule has 0 saturated heterocycles. The van der Waals surface area contributed by atoms with Crippen molar-refractivity contribution in [3.8, 4) is 0 Å². The van der Waals surface area contributed by atoms with Gasteiger partial charge in [-0.05, 0) is 40.9 Å². The third-order valence-corrected chi connectivity index (χ3v) is 5.44. The van der Waals surface area contributed by atoms with Crippen LogP contribution in [0.1, 0.15) is 5.56 Å². The Morgan fingerprint density at radius 3 is 1.54 bits per heavy atom. The topological polar surface area (TPSA) is 210 Å². The molecule has 0 radical (unpaired) electrons. The van der Waals surface area contributed by atoms with Crippen molar-refractivity contribution in [1.82, 2.24) is 29.7 Å². The van der Waals surface area contributed by atoms with Gasteiger partial charge in [-0.15, -0.1) is 0 Å². The van der Waals surface area contributed by atoms with Crippen molar-refractivity contribution in [2.75, 3.05) is 57.7 Å². The van der Waals surface area contributed by atoms with E-state index in [0.29, 0.717) is 5.69 Å². The van der Waals surface area contributed by atoms with Gasteiger partial charge >= 0.3 is 23.9 Å². The molecule has 5 N–H and O–H groups in total. The second-order valence-corrected chi connectivity index (χ2v) is 8.97. The molecule has 0 aliphatic heterocycles. The Morgan fingerprint density at radius 2 is 1.05 bits per heavy atom. The highest BCUT2D eigenvalue weighted by molar-refractivity contribution is 6.31. The number of carbonyl (C=O) groups is 4. The van der Waals surface area contributed by atoms with Gasteiger partial charge in [0, 0.05) is 38.4 Å². The zero-order chi connectivity index (χ0) is 28.9. The van der Waals surface area contributed by atoms with Crippen LogP contribution in [0.15, 0.2) is 24.3 Å². The van der Waals surface area contributed by atoms with Crippen LogP contribution in [0.5, 0.6) is 0 Å². The molecular formula is C22H27Cl2N7O8. The van der Waals surface area contributed by atoms with Gasteiger partial charge in [0.05, 0.1) is 26.2 Å². The van der Waals surface area contributed by atoms with E-state index in [1.165, 1.54) is 9.80 Å². The average molecular weight is 588 g/mol. The lowest BCUT2D eigenvalue weighted by molar-refractivity contribution is -0.143. The number of nitrogens with one attached hydrogen (secondary N) is 1. The Balaban J connectivity index is 2.02. The van der Waals surface area contributed by atoms with E-state index < -0.39 is 37.0 Å². The summed E-state index contributed by atoms with van der Waals surface area (Å²) in [6.45, 7) is -1.11. The van der Waals surface area contributed by atoms with Crippen molar-refractivity contribution in [3.63, 3.8) is 0 Å². The number of carboxylic acid groups (broad SMARTS) is 4. The largest absolute Gasteiger partial charge is 0.480 e. The highest BCUT2D eigenvalue weighted by Crippen LogP contribution is 2.17. The van der Waals surface area contributed by atoms with Crippen molar-refractivity contribution < 1.29 is 39.6 Å². The van der Waals surface area contributed by atoms with Gasteiger partial charge < -0.3 is 25.7 Å². The first-order chi connectivity index (χ1) is 18.4. The normalized spacial score (nSPS) is 11.2. The first-order valence-electron chi connectivity index (χ1n) is 11.4. The number of nitrogens with zero attached hydrogens (tertiary/aromatic N) is 6. The van der Waals surface area contributed by atoms with E-state index in [4.69, 9.17) is 33.4 Å². The smallest absolute Gasteiger partial charge is 0.317 e. The number of aliphatic carboxylic acids is 4. The van der Waals surface area contributed by atoms with E-state index in [-0.39, 0.29) is 62.3 Å². The van der Waals surface area contributed by atoms with Gasteiger partial charge in [-0.1, -0.05) is 12.1 Å². The van der Waals surface area contributed by atoms with Gasteiger partial charge in [0.25, 0.3) is 0 Å². The van der Waals surface area contributed by atoms with Crippen LogP contribution in [-0.2, 0) is 25.7 Å². The molecule has 0 aliphatic carbocycles. The minimum atomic E-state index is -1.21. The third kappa shape index (κ3) is 13.1. The molecule has 0 bridgehead atoms. The second-order valence-electron chi connectivity index (χ2n) is 8.29. The van der Waals surface area contributed by atoms with Crippen LogP contribution in [0, 0.1) is 0 Å². The minimum Gasteiger partial charge on any atom is -0.480 e. The quantitative estimate of drug-likeness (QED) is 0.162. The summed E-state index contributed by atoms with van der Waals surface area (Å²) in [5.74, 6) is -4.49. The van der Waals surface area contributed by atoms with E-state index in [0.717, 1.165) is 5.56 Å². The highest BCUT2D eigenvalue weighted by atomic mass is 35.5. The van der Waals surface area contributed by atoms with E-state index in [1.54, 1.807) is 29.2 Å². The minimum absolute atomic E-state index is 0.00309. The van der Waals surface area contributed by atoms with Gasteiger partial charge in [0.2, 0.25) is 16.5 Å². The van der Waals surface area contributed by atoms with Crippen LogP contribution in [0.4, 0.5) is 11.6 Å². The van der Waals surface area contributed by atoms with E-state index in [1.807, 2.05) is 0 Å². The fourth-order valence-electron chi connectivity index (χ4n) is 3.49. The van der Waals surface area contributed by atoms with Gasteiger partial charge in [0.15, 0.2) is 0 Å². The zero-order valence-electron chi connectivity index (χ0n) is 20.5. The molecular weight excluding hydrogens is 561 g/mol.